The summed E-state index contributed by atoms with van der Waals surface area (Å²) in [5.41, 5.74) is 3.39. The van der Waals surface area contributed by atoms with Gasteiger partial charge < -0.3 is 9.47 Å². The van der Waals surface area contributed by atoms with Crippen molar-refractivity contribution in [2.45, 2.75) is 13.0 Å². The number of hydrogen-bond acceptors (Lipinski definition) is 5. The van der Waals surface area contributed by atoms with Gasteiger partial charge in [0, 0.05) is 15.1 Å². The Labute approximate surface area is 215 Å². The largest absolute Gasteiger partial charge is 0.481 e. The fraction of sp³-hybridized carbons (Fsp3) is 0.0741. The van der Waals surface area contributed by atoms with E-state index in [2.05, 4.69) is 26.5 Å². The van der Waals surface area contributed by atoms with Crippen LogP contribution in [0.15, 0.2) is 94.5 Å². The molecule has 0 aliphatic carbocycles. The normalized spacial score (nSPS) is 11.9. The number of hydrogen-bond donors (Lipinski definition) is 1. The molecule has 4 rings (SSSR count). The second-order valence-electron chi connectivity index (χ2n) is 7.54. The van der Waals surface area contributed by atoms with Crippen LogP contribution in [0.25, 0.3) is 10.8 Å². The molecule has 1 amide bonds. The highest BCUT2D eigenvalue weighted by atomic mass is 79.9. The van der Waals surface area contributed by atoms with Crippen molar-refractivity contribution in [2.24, 2.45) is 5.10 Å². The molecular weight excluding hydrogens is 532 g/mol. The number of rotatable bonds is 7. The van der Waals surface area contributed by atoms with E-state index >= 15 is 0 Å². The van der Waals surface area contributed by atoms with E-state index in [4.69, 9.17) is 21.1 Å². The Kier molecular flexibility index (Phi) is 7.80. The molecule has 0 heterocycles. The van der Waals surface area contributed by atoms with Crippen LogP contribution in [0.5, 0.6) is 11.5 Å². The minimum absolute atomic E-state index is 0.306. The van der Waals surface area contributed by atoms with E-state index in [0.29, 0.717) is 27.6 Å². The molecule has 1 atom stereocenters. The lowest BCUT2D eigenvalue weighted by atomic mass is 10.0. The van der Waals surface area contributed by atoms with E-state index in [1.54, 1.807) is 49.4 Å². The van der Waals surface area contributed by atoms with E-state index in [9.17, 15) is 9.59 Å². The number of halogens is 2. The Morgan fingerprint density at radius 1 is 0.971 bits per heavy atom. The topological polar surface area (TPSA) is 77.0 Å². The van der Waals surface area contributed by atoms with Gasteiger partial charge in [-0.1, -0.05) is 57.9 Å². The number of nitrogens with one attached hydrogen (secondary N) is 1. The lowest BCUT2D eigenvalue weighted by molar-refractivity contribution is -0.127. The molecule has 0 aromatic heterocycles. The monoisotopic (exact) mass is 550 g/mol. The number of fused-ring (bicyclic) bond motifs is 1. The number of ether oxygens (including phenoxy) is 2. The number of esters is 1. The van der Waals surface area contributed by atoms with Crippen LogP contribution in [0.4, 0.5) is 0 Å². The SMILES string of the molecule is C[C@H](Oc1ccc(Br)cc1)C(=O)N/N=C\c1c(OC(=O)c2ccc(Cl)cc2)ccc2ccccc12. The van der Waals surface area contributed by atoms with Crippen LogP contribution < -0.4 is 14.9 Å². The van der Waals surface area contributed by atoms with Gasteiger partial charge in [0.2, 0.25) is 0 Å². The number of carbonyl (C=O) groups excluding carboxylic acids is 2. The van der Waals surface area contributed by atoms with E-state index in [1.165, 1.54) is 6.21 Å². The van der Waals surface area contributed by atoms with Gasteiger partial charge in [0.15, 0.2) is 6.10 Å². The maximum atomic E-state index is 12.7. The Bertz CT molecular complexity index is 1390. The van der Waals surface area contributed by atoms with Crippen LogP contribution in [-0.2, 0) is 4.79 Å². The molecule has 8 heteroatoms. The van der Waals surface area contributed by atoms with Gasteiger partial charge >= 0.3 is 5.97 Å². The molecular formula is C27H20BrClN2O4. The first-order valence-corrected chi connectivity index (χ1v) is 11.8. The van der Waals surface area contributed by atoms with Gasteiger partial charge in [-0.05, 0) is 72.3 Å². The summed E-state index contributed by atoms with van der Waals surface area (Å²) < 4.78 is 12.2. The molecule has 0 bridgehead atoms. The first-order valence-electron chi connectivity index (χ1n) is 10.7. The van der Waals surface area contributed by atoms with Crippen molar-refractivity contribution in [3.8, 4) is 11.5 Å². The molecule has 0 saturated carbocycles. The minimum Gasteiger partial charge on any atom is -0.481 e. The minimum atomic E-state index is -0.775. The summed E-state index contributed by atoms with van der Waals surface area (Å²) in [5, 5.41) is 6.36. The van der Waals surface area contributed by atoms with Gasteiger partial charge in [-0.15, -0.1) is 0 Å². The molecule has 0 radical (unpaired) electrons. The Morgan fingerprint density at radius 2 is 1.69 bits per heavy atom. The number of amides is 1. The third-order valence-electron chi connectivity index (χ3n) is 5.08. The van der Waals surface area contributed by atoms with Crippen molar-refractivity contribution in [2.75, 3.05) is 0 Å². The van der Waals surface area contributed by atoms with Crippen molar-refractivity contribution in [1.82, 2.24) is 5.43 Å². The third kappa shape index (κ3) is 6.26. The maximum absolute atomic E-state index is 12.7. The van der Waals surface area contributed by atoms with E-state index < -0.39 is 18.0 Å². The average Bonchev–Trinajstić information content (AvgIpc) is 2.86. The predicted octanol–water partition coefficient (Wildman–Crippen LogP) is 6.39. The standard InChI is InChI=1S/C27H20BrClN2O4/c1-17(34-22-13-9-20(28)10-14-22)26(32)31-30-16-24-23-5-3-2-4-18(23)8-15-25(24)35-27(33)19-6-11-21(29)12-7-19/h2-17H,1H3,(H,31,32)/b30-16-/t17-/m0/s1. The molecule has 0 aliphatic heterocycles. The predicted molar refractivity (Wildman–Crippen MR) is 140 cm³/mol. The summed E-state index contributed by atoms with van der Waals surface area (Å²) >= 11 is 9.27. The lowest BCUT2D eigenvalue weighted by Crippen LogP contribution is -2.33. The number of carbonyl (C=O) groups is 2. The second-order valence-corrected chi connectivity index (χ2v) is 8.90. The Morgan fingerprint density at radius 3 is 2.43 bits per heavy atom. The van der Waals surface area contributed by atoms with Crippen molar-refractivity contribution in [1.29, 1.82) is 0 Å². The zero-order valence-electron chi connectivity index (χ0n) is 18.6. The highest BCUT2D eigenvalue weighted by Gasteiger charge is 2.16. The molecule has 0 fully saturated rings. The second kappa shape index (κ2) is 11.2. The van der Waals surface area contributed by atoms with Crippen LogP contribution in [0.2, 0.25) is 5.02 Å². The summed E-state index contributed by atoms with van der Waals surface area (Å²) in [4.78, 5) is 25.2. The van der Waals surface area contributed by atoms with Crippen LogP contribution >= 0.6 is 27.5 Å². The summed E-state index contributed by atoms with van der Waals surface area (Å²) in [6.07, 6.45) is 0.680. The lowest BCUT2D eigenvalue weighted by Gasteiger charge is -2.13. The van der Waals surface area contributed by atoms with Crippen LogP contribution in [0.1, 0.15) is 22.8 Å². The molecule has 1 N–H and O–H groups in total. The molecule has 4 aromatic rings. The molecule has 0 aliphatic rings. The fourth-order valence-corrected chi connectivity index (χ4v) is 3.66. The smallest absolute Gasteiger partial charge is 0.343 e. The van der Waals surface area contributed by atoms with Gasteiger partial charge in [0.25, 0.3) is 5.91 Å². The zero-order valence-corrected chi connectivity index (χ0v) is 20.9. The van der Waals surface area contributed by atoms with Crippen molar-refractivity contribution in [3.63, 3.8) is 0 Å². The van der Waals surface area contributed by atoms with Crippen molar-refractivity contribution >= 4 is 56.4 Å². The summed E-state index contributed by atoms with van der Waals surface area (Å²) in [6, 6.07) is 24.7. The van der Waals surface area contributed by atoms with Gasteiger partial charge in [-0.2, -0.15) is 5.10 Å². The van der Waals surface area contributed by atoms with Gasteiger partial charge in [0.1, 0.15) is 11.5 Å². The highest BCUT2D eigenvalue weighted by Crippen LogP contribution is 2.27. The van der Waals surface area contributed by atoms with Crippen LogP contribution in [-0.4, -0.2) is 24.2 Å². The number of benzene rings is 4. The van der Waals surface area contributed by atoms with E-state index in [-0.39, 0.29) is 0 Å². The molecule has 176 valence electrons. The summed E-state index contributed by atoms with van der Waals surface area (Å²) in [7, 11) is 0. The first-order chi connectivity index (χ1) is 16.9. The Balaban J connectivity index is 1.52. The molecule has 4 aromatic carbocycles. The van der Waals surface area contributed by atoms with Gasteiger partial charge in [-0.25, -0.2) is 10.2 Å². The molecule has 0 saturated heterocycles. The van der Waals surface area contributed by atoms with E-state index in [0.717, 1.165) is 15.2 Å². The third-order valence-corrected chi connectivity index (χ3v) is 5.86. The van der Waals surface area contributed by atoms with Crippen molar-refractivity contribution in [3.05, 3.63) is 106 Å². The summed E-state index contributed by atoms with van der Waals surface area (Å²) in [5.74, 6) is -0.0950. The Hall–Kier alpha value is -3.68. The van der Waals surface area contributed by atoms with Crippen molar-refractivity contribution < 1.29 is 19.1 Å². The van der Waals surface area contributed by atoms with Gasteiger partial charge in [-0.3, -0.25) is 4.79 Å². The quantitative estimate of drug-likeness (QED) is 0.125. The first kappa shape index (κ1) is 24.4. The molecule has 0 unspecified atom stereocenters. The fourth-order valence-electron chi connectivity index (χ4n) is 3.26. The maximum Gasteiger partial charge on any atom is 0.343 e. The molecule has 6 nitrogen and oxygen atoms in total. The summed E-state index contributed by atoms with van der Waals surface area (Å²) in [6.45, 7) is 1.63. The molecule has 0 spiro atoms. The van der Waals surface area contributed by atoms with Crippen LogP contribution in [0, 0.1) is 0 Å². The number of nitrogens with zero attached hydrogens (tertiary/aromatic N) is 1. The molecule has 35 heavy (non-hydrogen) atoms. The van der Waals surface area contributed by atoms with Crippen LogP contribution in [0.3, 0.4) is 0 Å². The zero-order chi connectivity index (χ0) is 24.8. The average molecular weight is 552 g/mol. The highest BCUT2D eigenvalue weighted by molar-refractivity contribution is 9.10. The van der Waals surface area contributed by atoms with E-state index in [1.807, 2.05) is 42.5 Å². The van der Waals surface area contributed by atoms with Gasteiger partial charge in [0.05, 0.1) is 11.8 Å². The number of hydrazone groups is 1.